The summed E-state index contributed by atoms with van der Waals surface area (Å²) in [6.45, 7) is 27.8. The zero-order valence-corrected chi connectivity index (χ0v) is 48.0. The van der Waals surface area contributed by atoms with Gasteiger partial charge in [-0.2, -0.15) is 0 Å². The van der Waals surface area contributed by atoms with Crippen LogP contribution < -0.4 is 14.2 Å². The third-order valence-corrected chi connectivity index (χ3v) is 20.3. The van der Waals surface area contributed by atoms with Crippen molar-refractivity contribution in [2.75, 3.05) is 67.2 Å². The van der Waals surface area contributed by atoms with Crippen LogP contribution >= 0.6 is 0 Å². The summed E-state index contributed by atoms with van der Waals surface area (Å²) in [5, 5.41) is 13.7. The summed E-state index contributed by atoms with van der Waals surface area (Å²) < 4.78 is 17.0. The number of rotatable bonds is 12. The number of allylic oxidation sites excluding steroid dienone is 2. The highest BCUT2D eigenvalue weighted by atomic mass is 16.5. The molecule has 1 unspecified atom stereocenters. The molecule has 9 heterocycles. The maximum Gasteiger partial charge on any atom is 0.128 e. The van der Waals surface area contributed by atoms with Crippen LogP contribution in [0.4, 0.5) is 0 Å². The number of methoxy groups -OCH3 is 3. The van der Waals surface area contributed by atoms with Crippen molar-refractivity contribution < 1.29 is 19.3 Å². The predicted molar refractivity (Wildman–Crippen MR) is 314 cm³/mol. The van der Waals surface area contributed by atoms with Gasteiger partial charge in [0.15, 0.2) is 0 Å². The summed E-state index contributed by atoms with van der Waals surface area (Å²) >= 11 is 0. The fourth-order valence-corrected chi connectivity index (χ4v) is 15.8. The van der Waals surface area contributed by atoms with Crippen molar-refractivity contribution in [3.05, 3.63) is 112 Å². The molecule has 10 atom stereocenters. The van der Waals surface area contributed by atoms with Gasteiger partial charge >= 0.3 is 0 Å². The molecule has 10 heteroatoms. The second-order valence-electron chi connectivity index (χ2n) is 23.5. The Hall–Kier alpha value is -5.00. The second kappa shape index (κ2) is 23.5. The number of nitrogens with one attached hydrogen (secondary N) is 3. The Kier molecular flexibility index (Phi) is 16.8. The zero-order valence-electron chi connectivity index (χ0n) is 48.0. The zero-order chi connectivity index (χ0) is 53.4. The minimum atomic E-state index is 0.178. The van der Waals surface area contributed by atoms with Gasteiger partial charge in [-0.1, -0.05) is 104 Å². The molecule has 3 saturated heterocycles. The normalized spacial score (nSPS) is 26.9. The molecule has 6 aromatic rings. The molecule has 6 aliphatic rings. The Morgan fingerprint density at radius 3 is 1.37 bits per heavy atom. The van der Waals surface area contributed by atoms with Gasteiger partial charge in [-0.15, -0.1) is 0 Å². The molecule has 3 fully saturated rings. The molecular weight excluding hydrogens is 941 g/mol. The van der Waals surface area contributed by atoms with Gasteiger partial charge in [-0.25, -0.2) is 0 Å². The average molecular weight is 1030 g/mol. The number of piperidine rings is 3. The average Bonchev–Trinajstić information content (AvgIpc) is 4.22. The van der Waals surface area contributed by atoms with E-state index in [-0.39, 0.29) is 6.61 Å². The monoisotopic (exact) mass is 1030 g/mol. The van der Waals surface area contributed by atoms with E-state index in [2.05, 4.69) is 145 Å². The molecule has 0 spiro atoms. The molecular formula is C66H92N6O4. The van der Waals surface area contributed by atoms with Gasteiger partial charge in [0.25, 0.3) is 0 Å². The SMILES string of the molecule is C/C=C(/CO)[C@H]1C[C@H]2c3[nH]c4cccc(OC)c4c3CCN2C[C@H]1CC.C=C(CC)[C@H]1C[C@H]2c3[nH]c4cccc(OC)c4c3CCN2C[C@H]1CC.CCC(C)[C@H]1C[C@H]2c3[nH]c4cccc(OC)c4c3CCN2C[C@H]1CC. The van der Waals surface area contributed by atoms with E-state index in [1.807, 2.05) is 0 Å². The summed E-state index contributed by atoms with van der Waals surface area (Å²) in [7, 11) is 5.32. The number of aliphatic hydroxyl groups excluding tert-OH is 1. The van der Waals surface area contributed by atoms with Crippen LogP contribution in [0.2, 0.25) is 0 Å². The van der Waals surface area contributed by atoms with Crippen LogP contribution in [0, 0.1) is 41.4 Å². The lowest BCUT2D eigenvalue weighted by Crippen LogP contribution is -2.47. The van der Waals surface area contributed by atoms with E-state index in [0.717, 1.165) is 92.7 Å². The molecule has 0 radical (unpaired) electrons. The quantitative estimate of drug-likeness (QED) is 0.0905. The van der Waals surface area contributed by atoms with Crippen molar-refractivity contribution in [2.24, 2.45) is 41.4 Å². The summed E-state index contributed by atoms with van der Waals surface area (Å²) in [4.78, 5) is 19.3. The Bertz CT molecular complexity index is 3000. The number of nitrogens with zero attached hydrogens (tertiary/aromatic N) is 3. The van der Waals surface area contributed by atoms with E-state index >= 15 is 0 Å². The Morgan fingerprint density at radius 2 is 1.00 bits per heavy atom. The number of benzene rings is 3. The lowest BCUT2D eigenvalue weighted by atomic mass is 9.71. The highest BCUT2D eigenvalue weighted by Gasteiger charge is 2.44. The number of hydrogen-bond donors (Lipinski definition) is 4. The molecule has 10 nitrogen and oxygen atoms in total. The van der Waals surface area contributed by atoms with Crippen LogP contribution in [-0.2, 0) is 19.3 Å². The van der Waals surface area contributed by atoms with Gasteiger partial charge < -0.3 is 34.3 Å². The topological polar surface area (TPSA) is 105 Å². The first kappa shape index (κ1) is 54.4. The van der Waals surface area contributed by atoms with Crippen LogP contribution in [0.25, 0.3) is 32.7 Å². The maximum absolute atomic E-state index is 9.86. The fraction of sp³-hybridized carbons (Fsp3) is 0.576. The number of fused-ring (bicyclic) bond motifs is 15. The van der Waals surface area contributed by atoms with Gasteiger partial charge in [-0.05, 0) is 152 Å². The van der Waals surface area contributed by atoms with Crippen molar-refractivity contribution in [1.82, 2.24) is 29.7 Å². The van der Waals surface area contributed by atoms with Crippen molar-refractivity contribution in [2.45, 2.75) is 137 Å². The van der Waals surface area contributed by atoms with Gasteiger partial charge in [-0.3, -0.25) is 14.7 Å². The highest BCUT2D eigenvalue weighted by molar-refractivity contribution is 5.92. The first-order chi connectivity index (χ1) is 37.1. The number of aromatic amines is 3. The molecule has 0 aliphatic carbocycles. The van der Waals surface area contributed by atoms with Crippen molar-refractivity contribution >= 4 is 32.7 Å². The number of H-pyrrole nitrogens is 3. The predicted octanol–water partition coefficient (Wildman–Crippen LogP) is 14.3. The van der Waals surface area contributed by atoms with Gasteiger partial charge in [0.2, 0.25) is 0 Å². The molecule has 3 aromatic heterocycles. The Labute approximate surface area is 455 Å². The van der Waals surface area contributed by atoms with E-state index in [1.165, 1.54) is 136 Å². The summed E-state index contributed by atoms with van der Waals surface area (Å²) in [6, 6.07) is 20.5. The van der Waals surface area contributed by atoms with Crippen LogP contribution in [-0.4, -0.2) is 102 Å². The number of hydrogen-bond acceptors (Lipinski definition) is 7. The first-order valence-corrected chi connectivity index (χ1v) is 29.7. The smallest absolute Gasteiger partial charge is 0.128 e. The Balaban J connectivity index is 0.000000130. The van der Waals surface area contributed by atoms with E-state index in [0.29, 0.717) is 35.9 Å². The molecule has 0 saturated carbocycles. The van der Waals surface area contributed by atoms with E-state index in [9.17, 15) is 5.11 Å². The maximum atomic E-state index is 9.86. The van der Waals surface area contributed by atoms with E-state index in [1.54, 1.807) is 21.3 Å². The molecule has 0 amide bonds. The molecule has 4 N–H and O–H groups in total. The summed E-state index contributed by atoms with van der Waals surface area (Å²) in [5.41, 5.74) is 14.9. The van der Waals surface area contributed by atoms with Crippen LogP contribution in [0.15, 0.2) is 78.4 Å². The van der Waals surface area contributed by atoms with Crippen LogP contribution in [0.1, 0.15) is 152 Å². The van der Waals surface area contributed by atoms with Crippen molar-refractivity contribution in [3.63, 3.8) is 0 Å². The standard InChI is InChI=1S/C22H30N2O2.C22H32N2O.C22H30N2O/c1-4-14-12-24-10-9-16-21-18(7-6-8-20(21)26-3)23-22(16)19(24)11-17(14)15(5-2)13-25;2*1-5-14(3)17-12-19-22-16(10-11-24(19)13-15(17)6-2)21-18(23-22)8-7-9-20(21)25-4/h5-8,14,17,19,23,25H,4,9-13H2,1-3H3;7-9,14-15,17,19,23H,5-6,10-13H2,1-4H3;7-9,15,17,19,23H,3,5-6,10-13H2,1-2,4H3/b15-5-;;/t14-,17+,19+;14?,15-,17-,19+;15-,17-,19+/m111/s1. The van der Waals surface area contributed by atoms with Crippen molar-refractivity contribution in [1.29, 1.82) is 0 Å². The van der Waals surface area contributed by atoms with Crippen molar-refractivity contribution in [3.8, 4) is 17.2 Å². The lowest BCUT2D eigenvalue weighted by Gasteiger charge is -2.48. The molecule has 3 aromatic carbocycles. The minimum Gasteiger partial charge on any atom is -0.496 e. The minimum absolute atomic E-state index is 0.178. The van der Waals surface area contributed by atoms with Gasteiger partial charge in [0, 0.05) is 89.1 Å². The van der Waals surface area contributed by atoms with Crippen LogP contribution in [0.3, 0.4) is 0 Å². The summed E-state index contributed by atoms with van der Waals surface area (Å²) in [5.74, 6) is 8.00. The molecule has 6 aliphatic heterocycles. The molecule has 410 valence electrons. The Morgan fingerprint density at radius 1 is 0.605 bits per heavy atom. The first-order valence-electron chi connectivity index (χ1n) is 29.7. The van der Waals surface area contributed by atoms with Crippen LogP contribution in [0.5, 0.6) is 17.2 Å². The lowest BCUT2D eigenvalue weighted by molar-refractivity contribution is 0.0269. The van der Waals surface area contributed by atoms with E-state index in [4.69, 9.17) is 14.2 Å². The molecule has 12 rings (SSSR count). The number of aliphatic hydroxyl groups is 1. The fourth-order valence-electron chi connectivity index (χ4n) is 15.8. The largest absolute Gasteiger partial charge is 0.496 e. The number of ether oxygens (including phenoxy) is 3. The molecule has 0 bridgehead atoms. The third-order valence-electron chi connectivity index (χ3n) is 20.3. The van der Waals surface area contributed by atoms with Gasteiger partial charge in [0.1, 0.15) is 17.2 Å². The van der Waals surface area contributed by atoms with Gasteiger partial charge in [0.05, 0.1) is 46.1 Å². The molecule has 76 heavy (non-hydrogen) atoms. The summed E-state index contributed by atoms with van der Waals surface area (Å²) in [6.07, 6.45) is 15.2. The third kappa shape index (κ3) is 9.85. The highest BCUT2D eigenvalue weighted by Crippen LogP contribution is 2.50. The second-order valence-corrected chi connectivity index (χ2v) is 23.5. The number of aromatic nitrogens is 3. The van der Waals surface area contributed by atoms with E-state index < -0.39 is 0 Å².